The van der Waals surface area contributed by atoms with Gasteiger partial charge in [0.25, 0.3) is 0 Å². The number of aromatic nitrogens is 1. The van der Waals surface area contributed by atoms with Gasteiger partial charge in [0.05, 0.1) is 11.4 Å². The number of anilines is 1. The van der Waals surface area contributed by atoms with Gasteiger partial charge in [0, 0.05) is 30.4 Å². The van der Waals surface area contributed by atoms with Crippen LogP contribution >= 0.6 is 0 Å². The Morgan fingerprint density at radius 3 is 2.89 bits per heavy atom. The Morgan fingerprint density at radius 2 is 2.04 bits per heavy atom. The van der Waals surface area contributed by atoms with Crippen molar-refractivity contribution in [1.82, 2.24) is 9.88 Å². The van der Waals surface area contributed by atoms with Crippen molar-refractivity contribution in [3.05, 3.63) is 72.2 Å². The first-order valence-electron chi connectivity index (χ1n) is 9.30. The molecule has 0 spiro atoms. The molecule has 27 heavy (non-hydrogen) atoms. The van der Waals surface area contributed by atoms with E-state index in [1.165, 1.54) is 6.07 Å². The van der Waals surface area contributed by atoms with Crippen molar-refractivity contribution in [1.29, 1.82) is 0 Å². The average molecular weight is 363 g/mol. The number of hydrogen-bond acceptors (Lipinski definition) is 3. The fraction of sp³-hybridized carbons (Fsp3) is 0.273. The quantitative estimate of drug-likeness (QED) is 0.755. The molecule has 1 aliphatic rings. The van der Waals surface area contributed by atoms with Crippen LogP contribution in [-0.4, -0.2) is 28.9 Å². The van der Waals surface area contributed by atoms with Gasteiger partial charge in [0.1, 0.15) is 5.82 Å². The summed E-state index contributed by atoms with van der Waals surface area (Å²) in [5.41, 5.74) is 2.52. The number of hydrogen-bond donors (Lipinski definition) is 1. The molecule has 2 heterocycles. The highest BCUT2D eigenvalue weighted by molar-refractivity contribution is 5.92. The topological polar surface area (TPSA) is 45.2 Å². The summed E-state index contributed by atoms with van der Waals surface area (Å²) in [6.45, 7) is 2.17. The van der Waals surface area contributed by atoms with Gasteiger partial charge in [-0.15, -0.1) is 0 Å². The molecule has 1 unspecified atom stereocenters. The predicted octanol–water partition coefficient (Wildman–Crippen LogP) is 4.22. The number of nitrogens with one attached hydrogen (secondary N) is 1. The minimum absolute atomic E-state index is 0.0492. The van der Waals surface area contributed by atoms with Crippen LogP contribution in [-0.2, 0) is 11.3 Å². The number of piperidine rings is 1. The molecule has 5 heteroatoms. The molecule has 1 aromatic heterocycles. The van der Waals surface area contributed by atoms with Crippen molar-refractivity contribution in [3.8, 4) is 0 Å². The molecule has 0 bridgehead atoms. The fourth-order valence-electron chi connectivity index (χ4n) is 3.77. The number of halogens is 1. The second-order valence-electron chi connectivity index (χ2n) is 7.07. The molecule has 0 radical (unpaired) electrons. The molecule has 1 atom stereocenters. The maximum atomic E-state index is 14.0. The molecule has 3 aromatic rings. The minimum atomic E-state index is -0.249. The maximum Gasteiger partial charge on any atom is 0.228 e. The van der Waals surface area contributed by atoms with Gasteiger partial charge in [-0.2, -0.15) is 0 Å². The van der Waals surface area contributed by atoms with Crippen LogP contribution in [0.2, 0.25) is 0 Å². The molecule has 4 rings (SSSR count). The van der Waals surface area contributed by atoms with Crippen LogP contribution in [0.15, 0.2) is 60.8 Å². The van der Waals surface area contributed by atoms with Crippen LogP contribution in [0.25, 0.3) is 10.9 Å². The van der Waals surface area contributed by atoms with E-state index in [0.29, 0.717) is 13.1 Å². The second-order valence-corrected chi connectivity index (χ2v) is 7.07. The van der Waals surface area contributed by atoms with E-state index in [4.69, 9.17) is 0 Å². The van der Waals surface area contributed by atoms with E-state index in [0.717, 1.165) is 41.5 Å². The van der Waals surface area contributed by atoms with Gasteiger partial charge < -0.3 is 5.32 Å². The average Bonchev–Trinajstić information content (AvgIpc) is 2.69. The molecule has 1 saturated heterocycles. The molecule has 4 nitrogen and oxygen atoms in total. The highest BCUT2D eigenvalue weighted by Crippen LogP contribution is 2.24. The summed E-state index contributed by atoms with van der Waals surface area (Å²) in [5, 5.41) is 3.81. The van der Waals surface area contributed by atoms with E-state index in [9.17, 15) is 9.18 Å². The Labute approximate surface area is 158 Å². The number of carbonyl (C=O) groups excluding carboxylic acids is 1. The van der Waals surface area contributed by atoms with Crippen molar-refractivity contribution in [2.75, 3.05) is 18.4 Å². The summed E-state index contributed by atoms with van der Waals surface area (Å²) in [5.74, 6) is -0.263. The summed E-state index contributed by atoms with van der Waals surface area (Å²) in [4.78, 5) is 19.3. The summed E-state index contributed by atoms with van der Waals surface area (Å²) in [6.07, 6.45) is 3.56. The van der Waals surface area contributed by atoms with Crippen molar-refractivity contribution >= 4 is 22.5 Å². The Balaban J connectivity index is 1.47. The van der Waals surface area contributed by atoms with E-state index >= 15 is 0 Å². The van der Waals surface area contributed by atoms with Crippen LogP contribution in [0, 0.1) is 11.7 Å². The lowest BCUT2D eigenvalue weighted by molar-refractivity contribution is -0.121. The minimum Gasteiger partial charge on any atom is -0.326 e. The fourth-order valence-corrected chi connectivity index (χ4v) is 3.77. The summed E-state index contributed by atoms with van der Waals surface area (Å²) >= 11 is 0. The van der Waals surface area contributed by atoms with E-state index in [1.807, 2.05) is 42.5 Å². The Bertz CT molecular complexity index is 945. The second kappa shape index (κ2) is 7.84. The molecule has 1 amide bonds. The first-order valence-corrected chi connectivity index (χ1v) is 9.30. The van der Waals surface area contributed by atoms with Crippen molar-refractivity contribution < 1.29 is 9.18 Å². The van der Waals surface area contributed by atoms with E-state index in [1.54, 1.807) is 12.3 Å². The molecule has 138 valence electrons. The lowest BCUT2D eigenvalue weighted by atomic mass is 9.96. The number of benzene rings is 2. The number of fused-ring (bicyclic) bond motifs is 1. The van der Waals surface area contributed by atoms with Crippen LogP contribution in [0.5, 0.6) is 0 Å². The number of amides is 1. The maximum absolute atomic E-state index is 14.0. The first kappa shape index (κ1) is 17.6. The van der Waals surface area contributed by atoms with Crippen LogP contribution in [0.1, 0.15) is 18.4 Å². The van der Waals surface area contributed by atoms with E-state index in [2.05, 4.69) is 15.2 Å². The number of pyridine rings is 1. The zero-order valence-electron chi connectivity index (χ0n) is 15.1. The van der Waals surface area contributed by atoms with Gasteiger partial charge in [-0.05, 0) is 55.3 Å². The number of para-hydroxylation sites is 1. The van der Waals surface area contributed by atoms with Crippen LogP contribution in [0.3, 0.4) is 0 Å². The smallest absolute Gasteiger partial charge is 0.228 e. The molecule has 1 fully saturated rings. The molecule has 1 aliphatic heterocycles. The largest absolute Gasteiger partial charge is 0.326 e. The number of nitrogens with zero attached hydrogens (tertiary/aromatic N) is 2. The van der Waals surface area contributed by atoms with Crippen molar-refractivity contribution in [2.24, 2.45) is 5.92 Å². The number of carbonyl (C=O) groups is 1. The first-order chi connectivity index (χ1) is 13.2. The zero-order valence-corrected chi connectivity index (χ0v) is 15.1. The van der Waals surface area contributed by atoms with Crippen LogP contribution in [0.4, 0.5) is 10.1 Å². The van der Waals surface area contributed by atoms with Gasteiger partial charge in [0.2, 0.25) is 5.91 Å². The van der Waals surface area contributed by atoms with Gasteiger partial charge in [0.15, 0.2) is 0 Å². The molecular formula is C22H22FN3O. The Morgan fingerprint density at radius 1 is 1.19 bits per heavy atom. The van der Waals surface area contributed by atoms with E-state index < -0.39 is 0 Å². The highest BCUT2D eigenvalue weighted by Gasteiger charge is 2.26. The zero-order chi connectivity index (χ0) is 18.6. The van der Waals surface area contributed by atoms with E-state index in [-0.39, 0.29) is 17.6 Å². The highest BCUT2D eigenvalue weighted by atomic mass is 19.1. The molecule has 1 N–H and O–H groups in total. The number of rotatable bonds is 4. The Kier molecular flexibility index (Phi) is 5.12. The monoisotopic (exact) mass is 363 g/mol. The standard InChI is InChI=1S/C22H22FN3O/c23-19-12-16-6-4-10-24-21(16)18(13-19)15-26-11-5-7-17(14-26)22(27)25-20-8-2-1-3-9-20/h1-4,6,8-10,12-13,17H,5,7,11,14-15H2,(H,25,27). The molecule has 0 saturated carbocycles. The van der Waals surface area contributed by atoms with Gasteiger partial charge >= 0.3 is 0 Å². The predicted molar refractivity (Wildman–Crippen MR) is 105 cm³/mol. The third-order valence-electron chi connectivity index (χ3n) is 5.06. The van der Waals surface area contributed by atoms with Crippen molar-refractivity contribution in [3.63, 3.8) is 0 Å². The third-order valence-corrected chi connectivity index (χ3v) is 5.06. The number of likely N-dealkylation sites (tertiary alicyclic amines) is 1. The van der Waals surface area contributed by atoms with Gasteiger partial charge in [-0.25, -0.2) is 4.39 Å². The van der Waals surface area contributed by atoms with Gasteiger partial charge in [-0.1, -0.05) is 24.3 Å². The van der Waals surface area contributed by atoms with Crippen LogP contribution < -0.4 is 5.32 Å². The normalized spacial score (nSPS) is 17.7. The third kappa shape index (κ3) is 4.14. The van der Waals surface area contributed by atoms with Gasteiger partial charge in [-0.3, -0.25) is 14.7 Å². The summed E-state index contributed by atoms with van der Waals surface area (Å²) in [6, 6.07) is 16.3. The molecule has 2 aromatic carbocycles. The van der Waals surface area contributed by atoms with Crippen molar-refractivity contribution in [2.45, 2.75) is 19.4 Å². The Hall–Kier alpha value is -2.79. The lowest BCUT2D eigenvalue weighted by Gasteiger charge is -2.32. The SMILES string of the molecule is O=C(Nc1ccccc1)C1CCCN(Cc2cc(F)cc3cccnc23)C1. The summed E-state index contributed by atoms with van der Waals surface area (Å²) in [7, 11) is 0. The lowest BCUT2D eigenvalue weighted by Crippen LogP contribution is -2.40. The molecular weight excluding hydrogens is 341 g/mol. The summed E-state index contributed by atoms with van der Waals surface area (Å²) < 4.78 is 14.0. The molecule has 0 aliphatic carbocycles.